The van der Waals surface area contributed by atoms with Crippen molar-refractivity contribution in [2.24, 2.45) is 29.2 Å². The lowest BCUT2D eigenvalue weighted by Crippen LogP contribution is -2.38. The maximum atomic E-state index is 11.6. The molecular weight excluding hydrogens is 212 g/mol. The summed E-state index contributed by atoms with van der Waals surface area (Å²) in [5.41, 5.74) is 11.9. The van der Waals surface area contributed by atoms with Crippen molar-refractivity contribution >= 4 is 5.91 Å². The normalized spacial score (nSPS) is 39.6. The molecule has 0 aromatic carbocycles. The van der Waals surface area contributed by atoms with E-state index in [4.69, 9.17) is 11.5 Å². The summed E-state index contributed by atoms with van der Waals surface area (Å²) in [4.78, 5) is 11.6. The number of hydrogen-bond donors (Lipinski definition) is 2. The van der Waals surface area contributed by atoms with Gasteiger partial charge in [-0.2, -0.15) is 0 Å². The second kappa shape index (κ2) is 5.85. The number of primary amides is 1. The fourth-order valence-electron chi connectivity index (χ4n) is 3.78. The number of carbonyl (C=O) groups excluding carboxylic acids is 1. The fourth-order valence-corrected chi connectivity index (χ4v) is 3.78. The van der Waals surface area contributed by atoms with Gasteiger partial charge in [0.1, 0.15) is 0 Å². The first-order chi connectivity index (χ1) is 8.18. The molecule has 0 aromatic rings. The molecule has 2 rings (SSSR count). The Balaban J connectivity index is 2.11. The van der Waals surface area contributed by atoms with E-state index in [9.17, 15) is 4.79 Å². The zero-order valence-electron chi connectivity index (χ0n) is 10.7. The minimum atomic E-state index is -0.0789. The fraction of sp³-hybridized carbons (Fsp3) is 0.929. The van der Waals surface area contributed by atoms with Crippen molar-refractivity contribution in [3.63, 3.8) is 0 Å². The number of fused-ring (bicyclic) bond motifs is 2. The third-order valence-electron chi connectivity index (χ3n) is 4.85. The molecule has 0 spiro atoms. The Morgan fingerprint density at radius 2 is 1.47 bits per heavy atom. The van der Waals surface area contributed by atoms with Crippen LogP contribution in [0.4, 0.5) is 0 Å². The van der Waals surface area contributed by atoms with Gasteiger partial charge in [-0.05, 0) is 43.9 Å². The van der Waals surface area contributed by atoms with E-state index < -0.39 is 0 Å². The Hall–Kier alpha value is -0.570. The number of nitrogens with two attached hydrogens (primary N) is 2. The van der Waals surface area contributed by atoms with E-state index >= 15 is 0 Å². The molecule has 3 nitrogen and oxygen atoms in total. The highest BCUT2D eigenvalue weighted by Crippen LogP contribution is 2.37. The molecule has 17 heavy (non-hydrogen) atoms. The van der Waals surface area contributed by atoms with E-state index in [0.29, 0.717) is 17.9 Å². The van der Waals surface area contributed by atoms with Gasteiger partial charge in [-0.3, -0.25) is 4.79 Å². The van der Waals surface area contributed by atoms with Crippen molar-refractivity contribution in [3.05, 3.63) is 0 Å². The van der Waals surface area contributed by atoms with Crippen molar-refractivity contribution in [2.45, 2.75) is 63.8 Å². The summed E-state index contributed by atoms with van der Waals surface area (Å²) in [6, 6.07) is 0.351. The molecule has 2 aliphatic rings. The smallest absolute Gasteiger partial charge is 0.220 e. The molecule has 4 atom stereocenters. The van der Waals surface area contributed by atoms with Gasteiger partial charge in [-0.15, -0.1) is 0 Å². The highest BCUT2D eigenvalue weighted by atomic mass is 16.1. The monoisotopic (exact) mass is 238 g/mol. The lowest BCUT2D eigenvalue weighted by atomic mass is 9.71. The predicted octanol–water partition coefficient (Wildman–Crippen LogP) is 2.19. The zero-order chi connectivity index (χ0) is 12.3. The first kappa shape index (κ1) is 12.9. The average Bonchev–Trinajstić information content (AvgIpc) is 2.22. The van der Waals surface area contributed by atoms with Gasteiger partial charge >= 0.3 is 0 Å². The Kier molecular flexibility index (Phi) is 4.43. The summed E-state index contributed by atoms with van der Waals surface area (Å²) < 4.78 is 0. The molecule has 3 heteroatoms. The molecular formula is C14H26N2O. The van der Waals surface area contributed by atoms with Crippen LogP contribution in [0.3, 0.4) is 0 Å². The Morgan fingerprint density at radius 1 is 0.882 bits per heavy atom. The molecule has 2 aliphatic carbocycles. The van der Waals surface area contributed by atoms with Crippen LogP contribution in [0, 0.1) is 17.8 Å². The number of amides is 1. The van der Waals surface area contributed by atoms with Gasteiger partial charge in [0.15, 0.2) is 0 Å². The van der Waals surface area contributed by atoms with Crippen molar-refractivity contribution < 1.29 is 4.79 Å². The van der Waals surface area contributed by atoms with Crippen LogP contribution in [0.1, 0.15) is 57.8 Å². The third kappa shape index (κ3) is 3.21. The van der Waals surface area contributed by atoms with E-state index in [2.05, 4.69) is 0 Å². The van der Waals surface area contributed by atoms with E-state index in [1.807, 2.05) is 0 Å². The average molecular weight is 238 g/mol. The summed E-state index contributed by atoms with van der Waals surface area (Å²) in [6.07, 6.45) is 10.5. The van der Waals surface area contributed by atoms with E-state index in [-0.39, 0.29) is 11.8 Å². The Morgan fingerprint density at radius 3 is 2.18 bits per heavy atom. The Bertz CT molecular complexity index is 267. The molecule has 1 amide bonds. The second-order valence-corrected chi connectivity index (χ2v) is 6.00. The molecule has 2 bridgehead atoms. The molecule has 4 unspecified atom stereocenters. The van der Waals surface area contributed by atoms with Crippen molar-refractivity contribution in [2.75, 3.05) is 0 Å². The number of rotatable bonds is 1. The largest absolute Gasteiger partial charge is 0.369 e. The Labute approximate surface area is 104 Å². The molecule has 0 saturated heterocycles. The molecule has 0 heterocycles. The second-order valence-electron chi connectivity index (χ2n) is 6.00. The standard InChI is InChI=1S/C14H26N2O/c15-13-8-4-2-5-10-9-11(13)6-1-3-7-12(10)14(16)17/h10-13H,1-9,15H2,(H2,16,17). The van der Waals surface area contributed by atoms with Gasteiger partial charge in [0.2, 0.25) is 5.91 Å². The minimum Gasteiger partial charge on any atom is -0.369 e. The lowest BCUT2D eigenvalue weighted by Gasteiger charge is -2.36. The maximum absolute atomic E-state index is 11.6. The van der Waals surface area contributed by atoms with Crippen molar-refractivity contribution in [1.29, 1.82) is 0 Å². The molecule has 0 aliphatic heterocycles. The quantitative estimate of drug-likeness (QED) is 0.735. The van der Waals surface area contributed by atoms with E-state index in [0.717, 1.165) is 19.3 Å². The topological polar surface area (TPSA) is 69.1 Å². The van der Waals surface area contributed by atoms with E-state index in [1.165, 1.54) is 38.5 Å². The van der Waals surface area contributed by atoms with Crippen LogP contribution in [0.25, 0.3) is 0 Å². The molecule has 4 N–H and O–H groups in total. The summed E-state index contributed by atoms with van der Waals surface area (Å²) in [5, 5.41) is 0. The first-order valence-corrected chi connectivity index (χ1v) is 7.23. The van der Waals surface area contributed by atoms with Gasteiger partial charge < -0.3 is 11.5 Å². The van der Waals surface area contributed by atoms with Crippen LogP contribution >= 0.6 is 0 Å². The van der Waals surface area contributed by atoms with Gasteiger partial charge in [0, 0.05) is 12.0 Å². The summed E-state index contributed by atoms with van der Waals surface area (Å²) in [5.74, 6) is 1.17. The van der Waals surface area contributed by atoms with Gasteiger partial charge in [0.25, 0.3) is 0 Å². The van der Waals surface area contributed by atoms with Gasteiger partial charge in [-0.1, -0.05) is 25.7 Å². The van der Waals surface area contributed by atoms with Crippen LogP contribution < -0.4 is 11.5 Å². The minimum absolute atomic E-state index is 0.0789. The van der Waals surface area contributed by atoms with Crippen LogP contribution in [0.15, 0.2) is 0 Å². The lowest BCUT2D eigenvalue weighted by molar-refractivity contribution is -0.124. The SMILES string of the molecule is NC(=O)C1CCCCC2CC1CCCCC2N. The van der Waals surface area contributed by atoms with Gasteiger partial charge in [0.05, 0.1) is 0 Å². The summed E-state index contributed by atoms with van der Waals surface area (Å²) in [6.45, 7) is 0. The van der Waals surface area contributed by atoms with Gasteiger partial charge in [-0.25, -0.2) is 0 Å². The van der Waals surface area contributed by atoms with Crippen LogP contribution in [-0.2, 0) is 4.79 Å². The molecule has 98 valence electrons. The van der Waals surface area contributed by atoms with Crippen molar-refractivity contribution in [1.82, 2.24) is 0 Å². The molecule has 2 saturated carbocycles. The van der Waals surface area contributed by atoms with Crippen molar-refractivity contribution in [3.8, 4) is 0 Å². The zero-order valence-corrected chi connectivity index (χ0v) is 10.7. The maximum Gasteiger partial charge on any atom is 0.220 e. The first-order valence-electron chi connectivity index (χ1n) is 7.23. The van der Waals surface area contributed by atoms with Crippen LogP contribution in [0.2, 0.25) is 0 Å². The van der Waals surface area contributed by atoms with E-state index in [1.54, 1.807) is 0 Å². The number of carbonyl (C=O) groups is 1. The van der Waals surface area contributed by atoms with Crippen LogP contribution in [0.5, 0.6) is 0 Å². The van der Waals surface area contributed by atoms with Crippen LogP contribution in [-0.4, -0.2) is 11.9 Å². The molecule has 0 radical (unpaired) electrons. The summed E-state index contributed by atoms with van der Waals surface area (Å²) >= 11 is 0. The highest BCUT2D eigenvalue weighted by Gasteiger charge is 2.33. The summed E-state index contributed by atoms with van der Waals surface area (Å²) in [7, 11) is 0. The molecule has 0 aromatic heterocycles. The third-order valence-corrected chi connectivity index (χ3v) is 4.85. The highest BCUT2D eigenvalue weighted by molar-refractivity contribution is 5.76. The number of hydrogen-bond acceptors (Lipinski definition) is 2. The predicted molar refractivity (Wildman–Crippen MR) is 69.2 cm³/mol. The molecule has 2 fully saturated rings.